The minimum Gasteiger partial charge on any atom is -0.331 e. The van der Waals surface area contributed by atoms with E-state index in [0.717, 1.165) is 36.9 Å². The van der Waals surface area contributed by atoms with Gasteiger partial charge in [0.15, 0.2) is 4.77 Å². The number of nitrogens with zero attached hydrogens (tertiary/aromatic N) is 1. The van der Waals surface area contributed by atoms with Crippen molar-refractivity contribution in [3.63, 3.8) is 0 Å². The molecule has 1 saturated carbocycles. The number of alkyl halides is 3. The van der Waals surface area contributed by atoms with E-state index in [2.05, 4.69) is 4.98 Å². The van der Waals surface area contributed by atoms with Crippen molar-refractivity contribution in [1.82, 2.24) is 9.55 Å². The van der Waals surface area contributed by atoms with E-state index in [1.165, 1.54) is 6.07 Å². The standard InChI is InChI=1S/C12H11F3N2S/c13-12(14,15)7-4-5-10-9(6-7)16-11(18)17(10)8-2-1-3-8/h4-6,8H,1-3H2,(H,16,18). The van der Waals surface area contributed by atoms with Gasteiger partial charge in [-0.25, -0.2) is 0 Å². The lowest BCUT2D eigenvalue weighted by Crippen LogP contribution is -2.16. The predicted molar refractivity (Wildman–Crippen MR) is 65.0 cm³/mol. The lowest BCUT2D eigenvalue weighted by molar-refractivity contribution is -0.137. The molecule has 0 radical (unpaired) electrons. The van der Waals surface area contributed by atoms with Crippen LogP contribution in [0.2, 0.25) is 0 Å². The van der Waals surface area contributed by atoms with Crippen molar-refractivity contribution >= 4 is 23.3 Å². The maximum atomic E-state index is 12.6. The number of aromatic amines is 1. The topological polar surface area (TPSA) is 20.7 Å². The Labute approximate surface area is 106 Å². The van der Waals surface area contributed by atoms with Gasteiger partial charge in [0.05, 0.1) is 16.6 Å². The van der Waals surface area contributed by atoms with Crippen molar-refractivity contribution in [2.75, 3.05) is 0 Å². The number of aromatic nitrogens is 2. The van der Waals surface area contributed by atoms with Gasteiger partial charge in [0.2, 0.25) is 0 Å². The number of nitrogens with one attached hydrogen (secondary N) is 1. The van der Waals surface area contributed by atoms with Crippen LogP contribution in [0, 0.1) is 4.77 Å². The molecule has 1 heterocycles. The molecule has 2 nitrogen and oxygen atoms in total. The summed E-state index contributed by atoms with van der Waals surface area (Å²) in [4.78, 5) is 2.87. The quantitative estimate of drug-likeness (QED) is 0.761. The highest BCUT2D eigenvalue weighted by molar-refractivity contribution is 7.71. The fraction of sp³-hybridized carbons (Fsp3) is 0.417. The first-order chi connectivity index (χ1) is 8.47. The van der Waals surface area contributed by atoms with Crippen molar-refractivity contribution in [2.45, 2.75) is 31.5 Å². The largest absolute Gasteiger partial charge is 0.416 e. The van der Waals surface area contributed by atoms with Gasteiger partial charge in [0.25, 0.3) is 0 Å². The second-order valence-corrected chi connectivity index (χ2v) is 5.00. The minimum atomic E-state index is -4.32. The molecule has 18 heavy (non-hydrogen) atoms. The normalized spacial score (nSPS) is 17.1. The second-order valence-electron chi connectivity index (χ2n) is 4.61. The van der Waals surface area contributed by atoms with Gasteiger partial charge in [0.1, 0.15) is 0 Å². The molecule has 2 aromatic rings. The molecular weight excluding hydrogens is 261 g/mol. The number of imidazole rings is 1. The third-order valence-corrected chi connectivity index (χ3v) is 3.78. The van der Waals surface area contributed by atoms with Crippen LogP contribution in [0.15, 0.2) is 18.2 Å². The summed E-state index contributed by atoms with van der Waals surface area (Å²) in [6.45, 7) is 0. The highest BCUT2D eigenvalue weighted by Gasteiger charge is 2.31. The van der Waals surface area contributed by atoms with Gasteiger partial charge in [-0.3, -0.25) is 0 Å². The molecule has 0 atom stereocenters. The Balaban J connectivity index is 2.17. The van der Waals surface area contributed by atoms with Gasteiger partial charge in [-0.05, 0) is 49.7 Å². The van der Waals surface area contributed by atoms with E-state index in [1.807, 2.05) is 4.57 Å². The van der Waals surface area contributed by atoms with Crippen LogP contribution in [0.5, 0.6) is 0 Å². The molecule has 0 spiro atoms. The van der Waals surface area contributed by atoms with Gasteiger partial charge in [-0.1, -0.05) is 0 Å². The Morgan fingerprint density at radius 2 is 2.00 bits per heavy atom. The SMILES string of the molecule is FC(F)(F)c1ccc2c(c1)[nH]c(=S)n2C1CCC1. The monoisotopic (exact) mass is 272 g/mol. The van der Waals surface area contributed by atoms with E-state index in [4.69, 9.17) is 12.2 Å². The number of H-pyrrole nitrogens is 1. The highest BCUT2D eigenvalue weighted by atomic mass is 32.1. The van der Waals surface area contributed by atoms with Crippen molar-refractivity contribution in [2.24, 2.45) is 0 Å². The Hall–Kier alpha value is -1.30. The molecule has 1 aliphatic carbocycles. The zero-order valence-electron chi connectivity index (χ0n) is 9.42. The van der Waals surface area contributed by atoms with Crippen LogP contribution in [-0.2, 0) is 6.18 Å². The predicted octanol–water partition coefficient (Wildman–Crippen LogP) is 4.44. The van der Waals surface area contributed by atoms with Crippen molar-refractivity contribution < 1.29 is 13.2 Å². The van der Waals surface area contributed by atoms with E-state index in [9.17, 15) is 13.2 Å². The van der Waals surface area contributed by atoms with Crippen LogP contribution in [0.4, 0.5) is 13.2 Å². The Bertz CT molecular complexity index is 649. The van der Waals surface area contributed by atoms with Crippen LogP contribution >= 0.6 is 12.2 Å². The first-order valence-electron chi connectivity index (χ1n) is 5.78. The molecule has 0 saturated heterocycles. The number of benzene rings is 1. The minimum absolute atomic E-state index is 0.336. The van der Waals surface area contributed by atoms with Gasteiger partial charge in [-0.2, -0.15) is 13.2 Å². The van der Waals surface area contributed by atoms with Crippen molar-refractivity contribution in [1.29, 1.82) is 0 Å². The second kappa shape index (κ2) is 3.85. The molecule has 1 N–H and O–H groups in total. The lowest BCUT2D eigenvalue weighted by Gasteiger charge is -2.27. The van der Waals surface area contributed by atoms with E-state index in [1.54, 1.807) is 0 Å². The third kappa shape index (κ3) is 1.75. The molecule has 1 aliphatic rings. The zero-order chi connectivity index (χ0) is 12.9. The van der Waals surface area contributed by atoms with Gasteiger partial charge < -0.3 is 9.55 Å². The van der Waals surface area contributed by atoms with Crippen LogP contribution in [0.25, 0.3) is 11.0 Å². The van der Waals surface area contributed by atoms with Crippen LogP contribution in [0.1, 0.15) is 30.9 Å². The summed E-state index contributed by atoms with van der Waals surface area (Å²) in [5.41, 5.74) is 0.575. The summed E-state index contributed by atoms with van der Waals surface area (Å²) in [6, 6.07) is 4.08. The molecule has 3 rings (SSSR count). The van der Waals surface area contributed by atoms with Gasteiger partial charge >= 0.3 is 6.18 Å². The summed E-state index contributed by atoms with van der Waals surface area (Å²) < 4.78 is 40.3. The van der Waals surface area contributed by atoms with E-state index < -0.39 is 11.7 Å². The first-order valence-corrected chi connectivity index (χ1v) is 6.19. The Kier molecular flexibility index (Phi) is 2.52. The maximum Gasteiger partial charge on any atom is 0.416 e. The summed E-state index contributed by atoms with van der Waals surface area (Å²) >= 11 is 5.19. The molecule has 1 fully saturated rings. The van der Waals surface area contributed by atoms with Gasteiger partial charge in [-0.15, -0.1) is 0 Å². The molecule has 1 aromatic heterocycles. The Morgan fingerprint density at radius 1 is 1.28 bits per heavy atom. The summed E-state index contributed by atoms with van der Waals surface area (Å²) in [5.74, 6) is 0. The van der Waals surface area contributed by atoms with E-state index in [-0.39, 0.29) is 0 Å². The average molecular weight is 272 g/mol. The van der Waals surface area contributed by atoms with Crippen molar-refractivity contribution in [3.05, 3.63) is 28.5 Å². The number of halogens is 3. The molecular formula is C12H11F3N2S. The summed E-state index contributed by atoms with van der Waals surface area (Å²) in [7, 11) is 0. The summed E-state index contributed by atoms with van der Waals surface area (Å²) in [5, 5.41) is 0. The maximum absolute atomic E-state index is 12.6. The molecule has 1 aromatic carbocycles. The van der Waals surface area contributed by atoms with Crippen LogP contribution in [0.3, 0.4) is 0 Å². The molecule has 0 aliphatic heterocycles. The number of hydrogen-bond acceptors (Lipinski definition) is 1. The van der Waals surface area contributed by atoms with E-state index >= 15 is 0 Å². The number of fused-ring (bicyclic) bond motifs is 1. The van der Waals surface area contributed by atoms with Crippen molar-refractivity contribution in [3.8, 4) is 0 Å². The summed E-state index contributed by atoms with van der Waals surface area (Å²) in [6.07, 6.45) is -1.08. The first kappa shape index (κ1) is 11.8. The van der Waals surface area contributed by atoms with Crippen LogP contribution in [-0.4, -0.2) is 9.55 Å². The molecule has 6 heteroatoms. The third-order valence-electron chi connectivity index (χ3n) is 3.48. The zero-order valence-corrected chi connectivity index (χ0v) is 10.2. The fourth-order valence-corrected chi connectivity index (χ4v) is 2.67. The number of hydrogen-bond donors (Lipinski definition) is 1. The van der Waals surface area contributed by atoms with Crippen LogP contribution < -0.4 is 0 Å². The van der Waals surface area contributed by atoms with E-state index in [0.29, 0.717) is 16.3 Å². The smallest absolute Gasteiger partial charge is 0.331 e. The molecule has 96 valence electrons. The lowest BCUT2D eigenvalue weighted by atomic mass is 9.93. The fourth-order valence-electron chi connectivity index (χ4n) is 2.31. The average Bonchev–Trinajstić information content (AvgIpc) is 2.51. The molecule has 0 bridgehead atoms. The molecule has 0 amide bonds. The number of rotatable bonds is 1. The van der Waals surface area contributed by atoms with Gasteiger partial charge in [0, 0.05) is 6.04 Å². The Morgan fingerprint density at radius 3 is 2.56 bits per heavy atom. The molecule has 0 unspecified atom stereocenters. The highest BCUT2D eigenvalue weighted by Crippen LogP contribution is 2.36.